The number of halogens is 1. The number of carbonyl (C=O) groups excluding carboxylic acids is 2. The Balaban J connectivity index is 1.59. The molecule has 0 saturated carbocycles. The first-order valence-electron chi connectivity index (χ1n) is 9.93. The summed E-state index contributed by atoms with van der Waals surface area (Å²) in [5.41, 5.74) is 3.10. The van der Waals surface area contributed by atoms with E-state index in [1.54, 1.807) is 6.08 Å². The molecular formula is C24H26BrNO2. The number of ketones is 1. The summed E-state index contributed by atoms with van der Waals surface area (Å²) in [5.74, 6) is 0.228. The minimum atomic E-state index is 0.0108. The monoisotopic (exact) mass is 439 g/mol. The number of benzene rings is 2. The molecule has 1 aliphatic rings. The Labute approximate surface area is 175 Å². The van der Waals surface area contributed by atoms with Gasteiger partial charge in [-0.2, -0.15) is 0 Å². The summed E-state index contributed by atoms with van der Waals surface area (Å²) in [6, 6.07) is 15.7. The van der Waals surface area contributed by atoms with E-state index in [1.165, 1.54) is 5.56 Å². The second-order valence-corrected chi connectivity index (χ2v) is 8.17. The molecule has 3 nitrogen and oxygen atoms in total. The lowest BCUT2D eigenvalue weighted by atomic mass is 9.89. The molecule has 2 aromatic carbocycles. The van der Waals surface area contributed by atoms with Gasteiger partial charge in [0.15, 0.2) is 5.78 Å². The molecule has 0 bridgehead atoms. The molecular weight excluding hydrogens is 414 g/mol. The summed E-state index contributed by atoms with van der Waals surface area (Å²) >= 11 is 3.51. The van der Waals surface area contributed by atoms with Gasteiger partial charge in [-0.25, -0.2) is 0 Å². The SMILES string of the molecule is CCCc1ccc(Br)cc1C=CC(=O)N1CCC(C(=O)c2ccccc2)CC1. The van der Waals surface area contributed by atoms with Gasteiger partial charge in [0.25, 0.3) is 0 Å². The summed E-state index contributed by atoms with van der Waals surface area (Å²) < 4.78 is 1.01. The molecule has 4 heteroatoms. The van der Waals surface area contributed by atoms with Crippen LogP contribution in [-0.2, 0) is 11.2 Å². The minimum Gasteiger partial charge on any atom is -0.339 e. The van der Waals surface area contributed by atoms with Crippen LogP contribution in [0.15, 0.2) is 59.1 Å². The smallest absolute Gasteiger partial charge is 0.246 e. The highest BCUT2D eigenvalue weighted by Gasteiger charge is 2.27. The van der Waals surface area contributed by atoms with Crippen molar-refractivity contribution in [3.05, 3.63) is 75.8 Å². The highest BCUT2D eigenvalue weighted by Crippen LogP contribution is 2.23. The summed E-state index contributed by atoms with van der Waals surface area (Å²) in [6.45, 7) is 3.42. The lowest BCUT2D eigenvalue weighted by molar-refractivity contribution is -0.127. The number of amides is 1. The second-order valence-electron chi connectivity index (χ2n) is 7.26. The fourth-order valence-electron chi connectivity index (χ4n) is 3.68. The Morgan fingerprint density at radius 1 is 1.11 bits per heavy atom. The minimum absolute atomic E-state index is 0.0108. The Morgan fingerprint density at radius 3 is 2.50 bits per heavy atom. The van der Waals surface area contributed by atoms with Crippen LogP contribution in [-0.4, -0.2) is 29.7 Å². The van der Waals surface area contributed by atoms with Crippen molar-refractivity contribution in [3.63, 3.8) is 0 Å². The molecule has 1 saturated heterocycles. The molecule has 0 atom stereocenters. The molecule has 3 rings (SSSR count). The van der Waals surface area contributed by atoms with Crippen LogP contribution in [0.3, 0.4) is 0 Å². The van der Waals surface area contributed by atoms with Crippen molar-refractivity contribution in [2.75, 3.05) is 13.1 Å². The third kappa shape index (κ3) is 5.20. The molecule has 1 aliphatic heterocycles. The molecule has 1 amide bonds. The molecule has 0 unspecified atom stereocenters. The zero-order chi connectivity index (χ0) is 19.9. The first-order valence-corrected chi connectivity index (χ1v) is 10.7. The molecule has 1 heterocycles. The van der Waals surface area contributed by atoms with E-state index in [0.717, 1.165) is 41.3 Å². The number of rotatable bonds is 6. The molecule has 146 valence electrons. The molecule has 0 spiro atoms. The maximum atomic E-state index is 12.6. The average Bonchev–Trinajstić information content (AvgIpc) is 2.74. The van der Waals surface area contributed by atoms with Gasteiger partial charge in [-0.1, -0.05) is 65.7 Å². The van der Waals surface area contributed by atoms with Crippen LogP contribution in [0.5, 0.6) is 0 Å². The number of hydrogen-bond acceptors (Lipinski definition) is 2. The van der Waals surface area contributed by atoms with Gasteiger partial charge in [0.1, 0.15) is 0 Å². The van der Waals surface area contributed by atoms with Gasteiger partial charge in [0.2, 0.25) is 5.91 Å². The molecule has 0 aromatic heterocycles. The lowest BCUT2D eigenvalue weighted by Gasteiger charge is -2.30. The number of carbonyl (C=O) groups is 2. The Hall–Kier alpha value is -2.20. The van der Waals surface area contributed by atoms with Crippen LogP contribution in [0.25, 0.3) is 6.08 Å². The summed E-state index contributed by atoms with van der Waals surface area (Å²) in [5, 5.41) is 0. The maximum Gasteiger partial charge on any atom is 0.246 e. The largest absolute Gasteiger partial charge is 0.339 e. The van der Waals surface area contributed by atoms with Crippen LogP contribution in [0.4, 0.5) is 0 Å². The molecule has 2 aromatic rings. The van der Waals surface area contributed by atoms with Gasteiger partial charge in [-0.3, -0.25) is 9.59 Å². The van der Waals surface area contributed by atoms with Crippen molar-refractivity contribution in [1.29, 1.82) is 0 Å². The van der Waals surface area contributed by atoms with Gasteiger partial charge >= 0.3 is 0 Å². The highest BCUT2D eigenvalue weighted by atomic mass is 79.9. The Bertz CT molecular complexity index is 852. The molecule has 28 heavy (non-hydrogen) atoms. The summed E-state index contributed by atoms with van der Waals surface area (Å²) in [7, 11) is 0. The number of likely N-dealkylation sites (tertiary alicyclic amines) is 1. The quantitative estimate of drug-likeness (QED) is 0.437. The van der Waals surface area contributed by atoms with Crippen LogP contribution in [0.2, 0.25) is 0 Å². The third-order valence-corrected chi connectivity index (χ3v) is 5.76. The number of hydrogen-bond donors (Lipinski definition) is 0. The summed E-state index contributed by atoms with van der Waals surface area (Å²) in [6.07, 6.45) is 7.10. The van der Waals surface area contributed by atoms with Crippen molar-refractivity contribution in [2.45, 2.75) is 32.6 Å². The lowest BCUT2D eigenvalue weighted by Crippen LogP contribution is -2.39. The summed E-state index contributed by atoms with van der Waals surface area (Å²) in [4.78, 5) is 27.1. The Morgan fingerprint density at radius 2 is 1.82 bits per heavy atom. The number of nitrogens with zero attached hydrogens (tertiary/aromatic N) is 1. The van der Waals surface area contributed by atoms with Crippen molar-refractivity contribution in [3.8, 4) is 0 Å². The third-order valence-electron chi connectivity index (χ3n) is 5.27. The van der Waals surface area contributed by atoms with Crippen LogP contribution < -0.4 is 0 Å². The molecule has 0 radical (unpaired) electrons. The van der Waals surface area contributed by atoms with E-state index in [-0.39, 0.29) is 17.6 Å². The van der Waals surface area contributed by atoms with Gasteiger partial charge in [0, 0.05) is 35.1 Å². The van der Waals surface area contributed by atoms with Crippen molar-refractivity contribution in [2.24, 2.45) is 5.92 Å². The zero-order valence-corrected chi connectivity index (χ0v) is 17.8. The average molecular weight is 440 g/mol. The standard InChI is InChI=1S/C24H26BrNO2/c1-2-6-18-9-11-22(25)17-21(18)10-12-23(27)26-15-13-20(14-16-26)24(28)19-7-4-3-5-8-19/h3-5,7-12,17,20H,2,6,13-16H2,1H3. The van der Waals surface area contributed by atoms with E-state index in [2.05, 4.69) is 35.0 Å². The maximum absolute atomic E-state index is 12.6. The highest BCUT2D eigenvalue weighted by molar-refractivity contribution is 9.10. The van der Waals surface area contributed by atoms with E-state index in [4.69, 9.17) is 0 Å². The van der Waals surface area contributed by atoms with E-state index in [9.17, 15) is 9.59 Å². The number of aryl methyl sites for hydroxylation is 1. The van der Waals surface area contributed by atoms with Crippen LogP contribution >= 0.6 is 15.9 Å². The first kappa shape index (κ1) is 20.5. The molecule has 0 N–H and O–H groups in total. The Kier molecular flexibility index (Phi) is 7.21. The van der Waals surface area contributed by atoms with Gasteiger partial charge in [0.05, 0.1) is 0 Å². The van der Waals surface area contributed by atoms with Crippen molar-refractivity contribution in [1.82, 2.24) is 4.90 Å². The molecule has 1 fully saturated rings. The fourth-order valence-corrected chi connectivity index (χ4v) is 4.06. The number of piperidine rings is 1. The predicted molar refractivity (Wildman–Crippen MR) is 117 cm³/mol. The predicted octanol–water partition coefficient (Wildman–Crippen LogP) is 5.54. The van der Waals surface area contributed by atoms with E-state index < -0.39 is 0 Å². The second kappa shape index (κ2) is 9.83. The normalized spacial score (nSPS) is 15.1. The first-order chi connectivity index (χ1) is 13.6. The van der Waals surface area contributed by atoms with Crippen LogP contribution in [0, 0.1) is 5.92 Å². The van der Waals surface area contributed by atoms with E-state index in [0.29, 0.717) is 13.1 Å². The van der Waals surface area contributed by atoms with Gasteiger partial charge in [-0.15, -0.1) is 0 Å². The number of Topliss-reactive ketones (excluding diaryl/α,β-unsaturated/α-hetero) is 1. The fraction of sp³-hybridized carbons (Fsp3) is 0.333. The van der Waals surface area contributed by atoms with Gasteiger partial charge in [-0.05, 0) is 48.6 Å². The van der Waals surface area contributed by atoms with Crippen LogP contribution in [0.1, 0.15) is 47.7 Å². The van der Waals surface area contributed by atoms with E-state index in [1.807, 2.05) is 47.4 Å². The molecule has 0 aliphatic carbocycles. The van der Waals surface area contributed by atoms with Gasteiger partial charge < -0.3 is 4.90 Å². The zero-order valence-electron chi connectivity index (χ0n) is 16.2. The van der Waals surface area contributed by atoms with Crippen molar-refractivity contribution >= 4 is 33.7 Å². The van der Waals surface area contributed by atoms with Crippen molar-refractivity contribution < 1.29 is 9.59 Å². The topological polar surface area (TPSA) is 37.4 Å². The van der Waals surface area contributed by atoms with E-state index >= 15 is 0 Å².